The molecule has 1 aromatic carbocycles. The molecule has 0 aliphatic carbocycles. The molecular weight excluding hydrogens is 270 g/mol. The third kappa shape index (κ3) is 3.90. The van der Waals surface area contributed by atoms with Crippen molar-refractivity contribution in [1.82, 2.24) is 9.80 Å². The first-order chi connectivity index (χ1) is 8.84. The van der Waals surface area contributed by atoms with E-state index in [-0.39, 0.29) is 16.3 Å². The van der Waals surface area contributed by atoms with Crippen molar-refractivity contribution in [3.63, 3.8) is 0 Å². The van der Waals surface area contributed by atoms with Gasteiger partial charge in [-0.05, 0) is 26.2 Å². The Bertz CT molecular complexity index is 491. The topological polar surface area (TPSA) is 66.7 Å². The number of hydrogen-bond donors (Lipinski definition) is 0. The van der Waals surface area contributed by atoms with E-state index in [4.69, 9.17) is 11.6 Å². The van der Waals surface area contributed by atoms with Crippen LogP contribution in [0.15, 0.2) is 18.2 Å². The highest BCUT2D eigenvalue weighted by Crippen LogP contribution is 2.28. The zero-order chi connectivity index (χ0) is 14.6. The minimum absolute atomic E-state index is 0.0127. The van der Waals surface area contributed by atoms with Crippen molar-refractivity contribution in [2.24, 2.45) is 0 Å². The Morgan fingerprint density at radius 3 is 2.47 bits per heavy atom. The predicted molar refractivity (Wildman–Crippen MR) is 73.6 cm³/mol. The number of carbonyl (C=O) groups excluding carboxylic acids is 1. The molecule has 0 saturated carbocycles. The lowest BCUT2D eigenvalue weighted by atomic mass is 10.1. The largest absolute Gasteiger partial charge is 0.340 e. The molecule has 1 amide bonds. The van der Waals surface area contributed by atoms with E-state index in [1.807, 2.05) is 19.0 Å². The van der Waals surface area contributed by atoms with Gasteiger partial charge in [0.15, 0.2) is 0 Å². The Kier molecular flexibility index (Phi) is 5.26. The van der Waals surface area contributed by atoms with Crippen LogP contribution < -0.4 is 0 Å². The Morgan fingerprint density at radius 1 is 1.32 bits per heavy atom. The van der Waals surface area contributed by atoms with Gasteiger partial charge >= 0.3 is 5.69 Å². The van der Waals surface area contributed by atoms with E-state index in [0.717, 1.165) is 0 Å². The smallest absolute Gasteiger partial charge is 0.300 e. The van der Waals surface area contributed by atoms with E-state index in [9.17, 15) is 14.9 Å². The molecule has 0 radical (unpaired) electrons. The fourth-order valence-corrected chi connectivity index (χ4v) is 1.77. The second kappa shape index (κ2) is 6.49. The van der Waals surface area contributed by atoms with Gasteiger partial charge in [-0.2, -0.15) is 0 Å². The number of hydrogen-bond acceptors (Lipinski definition) is 4. The van der Waals surface area contributed by atoms with Crippen LogP contribution in [0.2, 0.25) is 5.02 Å². The molecule has 104 valence electrons. The highest BCUT2D eigenvalue weighted by atomic mass is 35.5. The lowest BCUT2D eigenvalue weighted by Crippen LogP contribution is -2.33. The summed E-state index contributed by atoms with van der Waals surface area (Å²) >= 11 is 5.78. The molecule has 0 fully saturated rings. The third-order valence-electron chi connectivity index (χ3n) is 2.63. The van der Waals surface area contributed by atoms with Crippen molar-refractivity contribution in [2.75, 3.05) is 34.2 Å². The van der Waals surface area contributed by atoms with Gasteiger partial charge in [0.2, 0.25) is 0 Å². The summed E-state index contributed by atoms with van der Waals surface area (Å²) in [5.41, 5.74) is -0.329. The van der Waals surface area contributed by atoms with Gasteiger partial charge in [0.1, 0.15) is 10.6 Å². The van der Waals surface area contributed by atoms with Gasteiger partial charge in [-0.25, -0.2) is 0 Å². The molecule has 0 aliphatic rings. The van der Waals surface area contributed by atoms with Crippen LogP contribution >= 0.6 is 11.6 Å². The third-order valence-corrected chi connectivity index (χ3v) is 2.93. The maximum atomic E-state index is 12.2. The SMILES string of the molecule is CN(C)CCN(C)C(=O)c1cccc(Cl)c1[N+](=O)[O-]. The second-order valence-electron chi connectivity index (χ2n) is 4.42. The minimum atomic E-state index is -0.630. The lowest BCUT2D eigenvalue weighted by Gasteiger charge is -2.19. The van der Waals surface area contributed by atoms with Crippen LogP contribution in [0.1, 0.15) is 10.4 Å². The van der Waals surface area contributed by atoms with Crippen LogP contribution in [0.25, 0.3) is 0 Å². The summed E-state index contributed by atoms with van der Waals surface area (Å²) in [6.07, 6.45) is 0. The molecule has 0 spiro atoms. The number of nitrogens with zero attached hydrogens (tertiary/aromatic N) is 3. The van der Waals surface area contributed by atoms with Gasteiger partial charge in [0.05, 0.1) is 4.92 Å². The summed E-state index contributed by atoms with van der Waals surface area (Å²) in [5, 5.41) is 10.9. The molecule has 0 atom stereocenters. The summed E-state index contributed by atoms with van der Waals surface area (Å²) in [6.45, 7) is 1.16. The molecule has 6 nitrogen and oxygen atoms in total. The van der Waals surface area contributed by atoms with Gasteiger partial charge < -0.3 is 9.80 Å². The first kappa shape index (κ1) is 15.4. The first-order valence-electron chi connectivity index (χ1n) is 5.67. The molecule has 0 N–H and O–H groups in total. The number of benzene rings is 1. The van der Waals surface area contributed by atoms with Crippen LogP contribution in [0, 0.1) is 10.1 Å². The molecule has 0 unspecified atom stereocenters. The van der Waals surface area contributed by atoms with Crippen LogP contribution in [0.5, 0.6) is 0 Å². The Hall–Kier alpha value is -1.66. The van der Waals surface area contributed by atoms with Crippen molar-refractivity contribution in [3.8, 4) is 0 Å². The van der Waals surface area contributed by atoms with Gasteiger partial charge in [0, 0.05) is 20.1 Å². The number of amides is 1. The van der Waals surface area contributed by atoms with E-state index in [1.165, 1.54) is 23.1 Å². The summed E-state index contributed by atoms with van der Waals surface area (Å²) in [7, 11) is 5.39. The second-order valence-corrected chi connectivity index (χ2v) is 4.83. The number of carbonyl (C=O) groups is 1. The van der Waals surface area contributed by atoms with Crippen molar-refractivity contribution >= 4 is 23.2 Å². The fourth-order valence-electron chi connectivity index (χ4n) is 1.53. The minimum Gasteiger partial charge on any atom is -0.340 e. The average molecular weight is 286 g/mol. The first-order valence-corrected chi connectivity index (χ1v) is 6.05. The standard InChI is InChI=1S/C12H16ClN3O3/c1-14(2)7-8-15(3)12(17)9-5-4-6-10(13)11(9)16(18)19/h4-6H,7-8H2,1-3H3. The summed E-state index contributed by atoms with van der Waals surface area (Å²) < 4.78 is 0. The van der Waals surface area contributed by atoms with Crippen LogP contribution in [-0.4, -0.2) is 54.9 Å². The maximum absolute atomic E-state index is 12.2. The van der Waals surface area contributed by atoms with Crippen molar-refractivity contribution < 1.29 is 9.72 Å². The van der Waals surface area contributed by atoms with Gasteiger partial charge in [-0.1, -0.05) is 17.7 Å². The Labute approximate surface area is 116 Å². The predicted octanol–water partition coefficient (Wildman–Crippen LogP) is 1.88. The zero-order valence-corrected chi connectivity index (χ0v) is 11.8. The molecule has 19 heavy (non-hydrogen) atoms. The number of nitro benzene ring substituents is 1. The molecule has 0 bridgehead atoms. The van der Waals surface area contributed by atoms with Crippen molar-refractivity contribution in [3.05, 3.63) is 38.9 Å². The molecule has 1 aromatic rings. The molecule has 0 saturated heterocycles. The van der Waals surface area contributed by atoms with E-state index in [1.54, 1.807) is 7.05 Å². The number of rotatable bonds is 5. The molecule has 0 aromatic heterocycles. The van der Waals surface area contributed by atoms with E-state index >= 15 is 0 Å². The van der Waals surface area contributed by atoms with Crippen LogP contribution in [0.3, 0.4) is 0 Å². The highest BCUT2D eigenvalue weighted by molar-refractivity contribution is 6.33. The van der Waals surface area contributed by atoms with Crippen LogP contribution in [-0.2, 0) is 0 Å². The van der Waals surface area contributed by atoms with Crippen molar-refractivity contribution in [1.29, 1.82) is 0 Å². The fraction of sp³-hybridized carbons (Fsp3) is 0.417. The molecule has 7 heteroatoms. The Morgan fingerprint density at radius 2 is 1.95 bits per heavy atom. The van der Waals surface area contributed by atoms with Gasteiger partial charge in [0.25, 0.3) is 5.91 Å². The highest BCUT2D eigenvalue weighted by Gasteiger charge is 2.25. The summed E-state index contributed by atoms with van der Waals surface area (Å²) in [6, 6.07) is 4.34. The molecule has 1 rings (SSSR count). The number of para-hydroxylation sites is 1. The lowest BCUT2D eigenvalue weighted by molar-refractivity contribution is -0.385. The monoisotopic (exact) mass is 285 g/mol. The Balaban J connectivity index is 2.99. The quantitative estimate of drug-likeness (QED) is 0.612. The number of likely N-dealkylation sites (N-methyl/N-ethyl adjacent to an activating group) is 2. The van der Waals surface area contributed by atoms with E-state index in [0.29, 0.717) is 13.1 Å². The molecule has 0 aliphatic heterocycles. The maximum Gasteiger partial charge on any atom is 0.300 e. The molecular formula is C12H16ClN3O3. The van der Waals surface area contributed by atoms with Gasteiger partial charge in [-0.15, -0.1) is 0 Å². The van der Waals surface area contributed by atoms with E-state index < -0.39 is 10.8 Å². The van der Waals surface area contributed by atoms with E-state index in [2.05, 4.69) is 0 Å². The number of halogens is 1. The van der Waals surface area contributed by atoms with Crippen molar-refractivity contribution in [2.45, 2.75) is 0 Å². The zero-order valence-electron chi connectivity index (χ0n) is 11.1. The molecule has 0 heterocycles. The summed E-state index contributed by atoms with van der Waals surface area (Å²) in [5.74, 6) is -0.406. The summed E-state index contributed by atoms with van der Waals surface area (Å²) in [4.78, 5) is 25.9. The average Bonchev–Trinajstić information content (AvgIpc) is 2.34. The van der Waals surface area contributed by atoms with Crippen LogP contribution in [0.4, 0.5) is 5.69 Å². The van der Waals surface area contributed by atoms with Gasteiger partial charge in [-0.3, -0.25) is 14.9 Å². The number of nitro groups is 1. The normalized spacial score (nSPS) is 10.6.